The first-order valence-electron chi connectivity index (χ1n) is 10.8. The molecule has 1 fully saturated rings. The van der Waals surface area contributed by atoms with Crippen molar-refractivity contribution in [1.82, 2.24) is 4.90 Å². The van der Waals surface area contributed by atoms with Gasteiger partial charge >= 0.3 is 0 Å². The normalized spacial score (nSPS) is 13.4. The molecule has 0 saturated carbocycles. The van der Waals surface area contributed by atoms with Gasteiger partial charge in [-0.05, 0) is 67.8 Å². The number of rotatable bonds is 8. The third-order valence-electron chi connectivity index (χ3n) is 5.61. The third kappa shape index (κ3) is 5.05. The second-order valence-corrected chi connectivity index (χ2v) is 8.19. The van der Waals surface area contributed by atoms with Gasteiger partial charge in [0.15, 0.2) is 0 Å². The van der Waals surface area contributed by atoms with Crippen molar-refractivity contribution in [2.45, 2.75) is 32.9 Å². The lowest BCUT2D eigenvalue weighted by Crippen LogP contribution is -2.30. The highest BCUT2D eigenvalue weighted by atomic mass is 35.5. The summed E-state index contributed by atoms with van der Waals surface area (Å²) in [6, 6.07) is 17.4. The fourth-order valence-electron chi connectivity index (χ4n) is 4.05. The van der Waals surface area contributed by atoms with E-state index >= 15 is 0 Å². The fourth-order valence-corrected chi connectivity index (χ4v) is 4.26. The maximum absolute atomic E-state index is 13.5. The molecule has 2 heterocycles. The Bertz CT molecular complexity index is 1010. The van der Waals surface area contributed by atoms with Gasteiger partial charge in [0.25, 0.3) is 5.91 Å². The Morgan fingerprint density at radius 2 is 1.90 bits per heavy atom. The fraction of sp³-hybridized carbons (Fsp3) is 0.320. The minimum Gasteiger partial charge on any atom is -0.467 e. The molecule has 1 amide bonds. The molecule has 1 saturated heterocycles. The molecule has 31 heavy (non-hydrogen) atoms. The van der Waals surface area contributed by atoms with Crippen LogP contribution in [0.2, 0.25) is 5.02 Å². The van der Waals surface area contributed by atoms with Crippen LogP contribution in [-0.2, 0) is 13.1 Å². The molecule has 1 aromatic heterocycles. The monoisotopic (exact) mass is 437 g/mol. The molecule has 6 heteroatoms. The van der Waals surface area contributed by atoms with Gasteiger partial charge in [-0.3, -0.25) is 4.79 Å². The van der Waals surface area contributed by atoms with Crippen LogP contribution in [-0.4, -0.2) is 30.4 Å². The van der Waals surface area contributed by atoms with Crippen molar-refractivity contribution < 1.29 is 9.21 Å². The van der Waals surface area contributed by atoms with Crippen LogP contribution in [0.3, 0.4) is 0 Å². The molecular weight excluding hydrogens is 410 g/mol. The zero-order valence-electron chi connectivity index (χ0n) is 17.8. The van der Waals surface area contributed by atoms with E-state index in [0.29, 0.717) is 23.7 Å². The standard InChI is InChI=1S/C25H28ClN3O2/c1-2-27-24-12-11-20(28-13-5-6-14-28)16-19(24)17-29(18-21-8-7-15-31-21)25(30)22-9-3-4-10-23(22)26/h3-4,7-12,15-16,27H,2,5-6,13-14,17-18H2,1H3. The summed E-state index contributed by atoms with van der Waals surface area (Å²) in [5.41, 5.74) is 3.83. The summed E-state index contributed by atoms with van der Waals surface area (Å²) in [5.74, 6) is 0.622. The second-order valence-electron chi connectivity index (χ2n) is 7.79. The smallest absolute Gasteiger partial charge is 0.256 e. The average molecular weight is 438 g/mol. The van der Waals surface area contributed by atoms with E-state index in [2.05, 4.69) is 35.3 Å². The summed E-state index contributed by atoms with van der Waals surface area (Å²) in [5, 5.41) is 3.90. The number of hydrogen-bond acceptors (Lipinski definition) is 4. The summed E-state index contributed by atoms with van der Waals surface area (Å²) in [6.07, 6.45) is 4.07. The van der Waals surface area contributed by atoms with Crippen LogP contribution in [0.5, 0.6) is 0 Å². The van der Waals surface area contributed by atoms with E-state index in [9.17, 15) is 4.79 Å². The van der Waals surface area contributed by atoms with Crippen LogP contribution >= 0.6 is 11.6 Å². The van der Waals surface area contributed by atoms with Crippen LogP contribution in [0, 0.1) is 0 Å². The van der Waals surface area contributed by atoms with Crippen molar-refractivity contribution in [2.24, 2.45) is 0 Å². The maximum atomic E-state index is 13.5. The predicted molar refractivity (Wildman–Crippen MR) is 126 cm³/mol. The molecule has 5 nitrogen and oxygen atoms in total. The van der Waals surface area contributed by atoms with Gasteiger partial charge in [0.2, 0.25) is 0 Å². The Balaban J connectivity index is 1.67. The largest absolute Gasteiger partial charge is 0.467 e. The van der Waals surface area contributed by atoms with E-state index < -0.39 is 0 Å². The molecule has 1 N–H and O–H groups in total. The van der Waals surface area contributed by atoms with E-state index in [-0.39, 0.29) is 5.91 Å². The number of amides is 1. The first-order valence-corrected chi connectivity index (χ1v) is 11.2. The van der Waals surface area contributed by atoms with Crippen molar-refractivity contribution in [3.63, 3.8) is 0 Å². The Kier molecular flexibility index (Phi) is 6.82. The molecule has 0 radical (unpaired) electrons. The summed E-state index contributed by atoms with van der Waals surface area (Å²) in [6.45, 7) is 5.87. The van der Waals surface area contributed by atoms with E-state index in [0.717, 1.165) is 36.6 Å². The van der Waals surface area contributed by atoms with Gasteiger partial charge < -0.3 is 19.5 Å². The molecule has 3 aromatic rings. The van der Waals surface area contributed by atoms with Gasteiger partial charge in [0.1, 0.15) is 5.76 Å². The van der Waals surface area contributed by atoms with Crippen molar-refractivity contribution >= 4 is 28.9 Å². The molecule has 0 unspecified atom stereocenters. The Hall–Kier alpha value is -2.92. The van der Waals surface area contributed by atoms with Crippen LogP contribution in [0.4, 0.5) is 11.4 Å². The van der Waals surface area contributed by atoms with Crippen molar-refractivity contribution in [3.05, 3.63) is 82.8 Å². The van der Waals surface area contributed by atoms with E-state index in [1.54, 1.807) is 23.3 Å². The molecule has 0 atom stereocenters. The second kappa shape index (κ2) is 9.92. The minimum atomic E-state index is -0.115. The number of furan rings is 1. The van der Waals surface area contributed by atoms with E-state index in [1.165, 1.54) is 18.5 Å². The lowest BCUT2D eigenvalue weighted by atomic mass is 10.1. The van der Waals surface area contributed by atoms with Crippen molar-refractivity contribution in [2.75, 3.05) is 29.9 Å². The Morgan fingerprint density at radius 3 is 2.61 bits per heavy atom. The van der Waals surface area contributed by atoms with Crippen molar-refractivity contribution in [3.8, 4) is 0 Å². The van der Waals surface area contributed by atoms with Crippen LogP contribution in [0.1, 0.15) is 41.4 Å². The summed E-state index contributed by atoms with van der Waals surface area (Å²) >= 11 is 6.35. The average Bonchev–Trinajstić information content (AvgIpc) is 3.49. The van der Waals surface area contributed by atoms with Gasteiger partial charge in [0.05, 0.1) is 23.4 Å². The first kappa shape index (κ1) is 21.3. The van der Waals surface area contributed by atoms with Gasteiger partial charge in [-0.2, -0.15) is 0 Å². The molecule has 162 valence electrons. The molecule has 1 aliphatic rings. The first-order chi connectivity index (χ1) is 15.2. The summed E-state index contributed by atoms with van der Waals surface area (Å²) in [4.78, 5) is 17.7. The van der Waals surface area contributed by atoms with Gasteiger partial charge in [-0.1, -0.05) is 23.7 Å². The molecule has 0 spiro atoms. The SMILES string of the molecule is CCNc1ccc(N2CCCC2)cc1CN(Cc1ccco1)C(=O)c1ccccc1Cl. The number of nitrogens with one attached hydrogen (secondary N) is 1. The number of carbonyl (C=O) groups excluding carboxylic acids is 1. The van der Waals surface area contributed by atoms with Crippen LogP contribution in [0.15, 0.2) is 65.3 Å². The number of nitrogens with zero attached hydrogens (tertiary/aromatic N) is 2. The molecular formula is C25H28ClN3O2. The molecule has 4 rings (SSSR count). The zero-order valence-corrected chi connectivity index (χ0v) is 18.6. The summed E-state index contributed by atoms with van der Waals surface area (Å²) in [7, 11) is 0. The topological polar surface area (TPSA) is 48.7 Å². The number of halogens is 1. The number of anilines is 2. The van der Waals surface area contributed by atoms with Gasteiger partial charge in [-0.15, -0.1) is 0 Å². The highest BCUT2D eigenvalue weighted by molar-refractivity contribution is 6.33. The Labute approximate surface area is 188 Å². The molecule has 0 bridgehead atoms. The molecule has 2 aromatic carbocycles. The van der Waals surface area contributed by atoms with E-state index in [4.69, 9.17) is 16.0 Å². The lowest BCUT2D eigenvalue weighted by molar-refractivity contribution is 0.0718. The highest BCUT2D eigenvalue weighted by Gasteiger charge is 2.22. The Morgan fingerprint density at radius 1 is 1.10 bits per heavy atom. The van der Waals surface area contributed by atoms with Crippen molar-refractivity contribution in [1.29, 1.82) is 0 Å². The number of benzene rings is 2. The maximum Gasteiger partial charge on any atom is 0.256 e. The number of hydrogen-bond donors (Lipinski definition) is 1. The van der Waals surface area contributed by atoms with Crippen LogP contribution in [0.25, 0.3) is 0 Å². The molecule has 1 aliphatic heterocycles. The third-order valence-corrected chi connectivity index (χ3v) is 5.94. The zero-order chi connectivity index (χ0) is 21.6. The van der Waals surface area contributed by atoms with Gasteiger partial charge in [0, 0.05) is 37.6 Å². The number of carbonyl (C=O) groups is 1. The predicted octanol–water partition coefficient (Wildman–Crippen LogP) is 5.81. The minimum absolute atomic E-state index is 0.115. The quantitative estimate of drug-likeness (QED) is 0.483. The molecule has 0 aliphatic carbocycles. The van der Waals surface area contributed by atoms with Crippen LogP contribution < -0.4 is 10.2 Å². The lowest BCUT2D eigenvalue weighted by Gasteiger charge is -2.26. The van der Waals surface area contributed by atoms with E-state index in [1.807, 2.05) is 24.3 Å². The van der Waals surface area contributed by atoms with Gasteiger partial charge in [-0.25, -0.2) is 0 Å². The highest BCUT2D eigenvalue weighted by Crippen LogP contribution is 2.29. The summed E-state index contributed by atoms with van der Waals surface area (Å²) < 4.78 is 5.55.